The Bertz CT molecular complexity index is 327. The second kappa shape index (κ2) is 6.18. The fourth-order valence-corrected chi connectivity index (χ4v) is 2.08. The molecule has 1 aromatic carbocycles. The van der Waals surface area contributed by atoms with Crippen molar-refractivity contribution in [3.63, 3.8) is 0 Å². The molecule has 3 N–H and O–H groups in total. The van der Waals surface area contributed by atoms with Gasteiger partial charge in [0, 0.05) is 12.1 Å². The minimum atomic E-state index is -0.334. The molecule has 0 amide bonds. The summed E-state index contributed by atoms with van der Waals surface area (Å²) >= 11 is 0. The molecule has 17 heavy (non-hydrogen) atoms. The molecule has 0 saturated carbocycles. The molecule has 0 radical (unpaired) electrons. The Labute approximate surface area is 105 Å². The van der Waals surface area contributed by atoms with E-state index in [1.54, 1.807) is 0 Å². The van der Waals surface area contributed by atoms with E-state index in [-0.39, 0.29) is 12.1 Å². The summed E-state index contributed by atoms with van der Waals surface area (Å²) < 4.78 is 0. The monoisotopic (exact) mass is 235 g/mol. The van der Waals surface area contributed by atoms with Crippen molar-refractivity contribution in [2.45, 2.75) is 45.6 Å². The number of nitrogens with two attached hydrogens (primary N) is 1. The van der Waals surface area contributed by atoms with E-state index in [1.807, 2.05) is 6.92 Å². The van der Waals surface area contributed by atoms with E-state index in [0.29, 0.717) is 5.92 Å². The van der Waals surface area contributed by atoms with Crippen molar-refractivity contribution in [3.05, 3.63) is 35.4 Å². The number of aliphatic hydroxyl groups excluding tert-OH is 1. The van der Waals surface area contributed by atoms with Gasteiger partial charge in [-0.2, -0.15) is 0 Å². The first-order valence-corrected chi connectivity index (χ1v) is 6.45. The summed E-state index contributed by atoms with van der Waals surface area (Å²) in [6.07, 6.45) is 2.67. The summed E-state index contributed by atoms with van der Waals surface area (Å²) in [5.41, 5.74) is 8.44. The van der Waals surface area contributed by atoms with Crippen LogP contribution < -0.4 is 5.73 Å². The Hall–Kier alpha value is -0.860. The first-order chi connectivity index (χ1) is 7.95. The van der Waals surface area contributed by atoms with Gasteiger partial charge in [-0.3, -0.25) is 0 Å². The highest BCUT2D eigenvalue weighted by molar-refractivity contribution is 5.28. The molecule has 0 saturated heterocycles. The molecule has 0 aromatic heterocycles. The van der Waals surface area contributed by atoms with Gasteiger partial charge in [0.05, 0.1) is 0 Å². The summed E-state index contributed by atoms with van der Waals surface area (Å²) in [6, 6.07) is 8.57. The van der Waals surface area contributed by atoms with Crippen LogP contribution >= 0.6 is 0 Å². The zero-order chi connectivity index (χ0) is 12.9. The van der Waals surface area contributed by atoms with Gasteiger partial charge in [-0.15, -0.1) is 0 Å². The molecule has 1 atom stereocenters. The lowest BCUT2D eigenvalue weighted by atomic mass is 9.87. The molecular weight excluding hydrogens is 210 g/mol. The Morgan fingerprint density at radius 1 is 1.24 bits per heavy atom. The van der Waals surface area contributed by atoms with E-state index in [1.165, 1.54) is 5.56 Å². The Kier molecular flexibility index (Phi) is 5.16. The fourth-order valence-electron chi connectivity index (χ4n) is 2.08. The van der Waals surface area contributed by atoms with Crippen LogP contribution in [0.15, 0.2) is 24.3 Å². The highest BCUT2D eigenvalue weighted by Gasteiger charge is 2.20. The maximum atomic E-state index is 8.86. The molecule has 0 bridgehead atoms. The van der Waals surface area contributed by atoms with Crippen molar-refractivity contribution in [1.29, 1.82) is 0 Å². The molecule has 1 aromatic rings. The van der Waals surface area contributed by atoms with Crippen molar-refractivity contribution in [1.82, 2.24) is 0 Å². The normalized spacial score (nSPS) is 14.9. The molecule has 0 aliphatic carbocycles. The predicted octanol–water partition coefficient (Wildman–Crippen LogP) is 2.83. The molecule has 0 heterocycles. The van der Waals surface area contributed by atoms with Crippen LogP contribution in [-0.4, -0.2) is 11.7 Å². The van der Waals surface area contributed by atoms with E-state index in [2.05, 4.69) is 38.1 Å². The predicted molar refractivity (Wildman–Crippen MR) is 72.8 cm³/mol. The summed E-state index contributed by atoms with van der Waals surface area (Å²) in [7, 11) is 0. The zero-order valence-electron chi connectivity index (χ0n) is 11.2. The van der Waals surface area contributed by atoms with Gasteiger partial charge in [0.25, 0.3) is 0 Å². The molecule has 0 aliphatic rings. The number of benzene rings is 1. The van der Waals surface area contributed by atoms with Crippen LogP contribution in [0, 0.1) is 5.92 Å². The largest absolute Gasteiger partial charge is 0.396 e. The zero-order valence-corrected chi connectivity index (χ0v) is 11.2. The maximum absolute atomic E-state index is 8.86. The number of hydrogen-bond acceptors (Lipinski definition) is 2. The molecule has 96 valence electrons. The smallest absolute Gasteiger partial charge is 0.0431 e. The quantitative estimate of drug-likeness (QED) is 0.796. The lowest BCUT2D eigenvalue weighted by molar-refractivity contribution is 0.265. The minimum Gasteiger partial charge on any atom is -0.396 e. The van der Waals surface area contributed by atoms with Crippen molar-refractivity contribution in [2.24, 2.45) is 11.7 Å². The van der Waals surface area contributed by atoms with Crippen molar-refractivity contribution in [2.75, 3.05) is 6.61 Å². The van der Waals surface area contributed by atoms with E-state index in [9.17, 15) is 0 Å². The van der Waals surface area contributed by atoms with Crippen molar-refractivity contribution < 1.29 is 5.11 Å². The summed E-state index contributed by atoms with van der Waals surface area (Å²) in [5.74, 6) is 0.680. The van der Waals surface area contributed by atoms with Gasteiger partial charge in [0.1, 0.15) is 0 Å². The highest BCUT2D eigenvalue weighted by Crippen LogP contribution is 2.23. The molecule has 1 unspecified atom stereocenters. The van der Waals surface area contributed by atoms with Crippen LogP contribution in [0.3, 0.4) is 0 Å². The van der Waals surface area contributed by atoms with E-state index < -0.39 is 0 Å². The second-order valence-corrected chi connectivity index (χ2v) is 5.54. The lowest BCUT2D eigenvalue weighted by Gasteiger charge is -2.25. The van der Waals surface area contributed by atoms with Gasteiger partial charge in [0.2, 0.25) is 0 Å². The van der Waals surface area contributed by atoms with Crippen LogP contribution in [0.2, 0.25) is 0 Å². The second-order valence-electron chi connectivity index (χ2n) is 5.54. The van der Waals surface area contributed by atoms with E-state index in [4.69, 9.17) is 10.8 Å². The molecule has 1 rings (SSSR count). The average molecular weight is 235 g/mol. The number of hydrogen-bond donors (Lipinski definition) is 2. The molecule has 0 spiro atoms. The van der Waals surface area contributed by atoms with E-state index in [0.717, 1.165) is 24.8 Å². The number of aliphatic hydroxyl groups is 1. The topological polar surface area (TPSA) is 46.2 Å². The third kappa shape index (κ3) is 4.49. The van der Waals surface area contributed by atoms with Gasteiger partial charge < -0.3 is 10.8 Å². The molecular formula is C15H25NO. The molecule has 2 heteroatoms. The first kappa shape index (κ1) is 14.2. The minimum absolute atomic E-state index is 0.207. The molecule has 2 nitrogen and oxygen atoms in total. The SMILES string of the molecule is CC(C)Cc1ccc(C(C)(N)CCCO)cc1. The van der Waals surface area contributed by atoms with Gasteiger partial charge in [-0.05, 0) is 43.2 Å². The van der Waals surface area contributed by atoms with Crippen LogP contribution in [-0.2, 0) is 12.0 Å². The fraction of sp³-hybridized carbons (Fsp3) is 0.600. The van der Waals surface area contributed by atoms with Gasteiger partial charge in [0.15, 0.2) is 0 Å². The third-order valence-corrected chi connectivity index (χ3v) is 3.11. The lowest BCUT2D eigenvalue weighted by Crippen LogP contribution is -2.33. The van der Waals surface area contributed by atoms with Crippen molar-refractivity contribution >= 4 is 0 Å². The van der Waals surface area contributed by atoms with Crippen molar-refractivity contribution in [3.8, 4) is 0 Å². The highest BCUT2D eigenvalue weighted by atomic mass is 16.2. The molecule has 0 fully saturated rings. The van der Waals surface area contributed by atoms with Gasteiger partial charge in [-0.1, -0.05) is 38.1 Å². The molecule has 0 aliphatic heterocycles. The number of rotatable bonds is 6. The third-order valence-electron chi connectivity index (χ3n) is 3.11. The van der Waals surface area contributed by atoms with Crippen LogP contribution in [0.25, 0.3) is 0 Å². The summed E-state index contributed by atoms with van der Waals surface area (Å²) in [6.45, 7) is 6.68. The summed E-state index contributed by atoms with van der Waals surface area (Å²) in [5, 5.41) is 8.86. The van der Waals surface area contributed by atoms with Crippen LogP contribution in [0.1, 0.15) is 44.7 Å². The van der Waals surface area contributed by atoms with Crippen LogP contribution in [0.4, 0.5) is 0 Å². The van der Waals surface area contributed by atoms with Gasteiger partial charge in [-0.25, -0.2) is 0 Å². The van der Waals surface area contributed by atoms with E-state index >= 15 is 0 Å². The Morgan fingerprint density at radius 2 is 1.82 bits per heavy atom. The standard InChI is InChI=1S/C15H25NO/c1-12(2)11-13-5-7-14(8-6-13)15(3,16)9-4-10-17/h5-8,12,17H,4,9-11,16H2,1-3H3. The summed E-state index contributed by atoms with van der Waals surface area (Å²) in [4.78, 5) is 0. The Balaban J connectivity index is 2.72. The first-order valence-electron chi connectivity index (χ1n) is 6.45. The van der Waals surface area contributed by atoms with Gasteiger partial charge >= 0.3 is 0 Å². The maximum Gasteiger partial charge on any atom is 0.0431 e. The Morgan fingerprint density at radius 3 is 2.29 bits per heavy atom. The van der Waals surface area contributed by atoms with Crippen LogP contribution in [0.5, 0.6) is 0 Å². The average Bonchev–Trinajstić information content (AvgIpc) is 2.26.